The normalized spacial score (nSPS) is 23.8. The van der Waals surface area contributed by atoms with Crippen LogP contribution in [0, 0.1) is 24.7 Å². The van der Waals surface area contributed by atoms with Crippen LogP contribution in [-0.4, -0.2) is 89.2 Å². The van der Waals surface area contributed by atoms with Crippen molar-refractivity contribution in [3.63, 3.8) is 0 Å². The molecule has 0 bridgehead atoms. The Balaban J connectivity index is 1.37. The summed E-state index contributed by atoms with van der Waals surface area (Å²) in [5.74, 6) is 0.929. The molecular formula is C32H44ClN7O2. The molecule has 3 saturated heterocycles. The molecule has 4 fully saturated rings. The molecule has 1 aromatic carbocycles. The van der Waals surface area contributed by atoms with E-state index in [4.69, 9.17) is 32.6 Å². The number of aromatic nitrogens is 2. The molecule has 9 nitrogen and oxygen atoms in total. The number of nitrogen functional groups attached to an aromatic ring is 1. The van der Waals surface area contributed by atoms with Crippen molar-refractivity contribution >= 4 is 35.2 Å². The third-order valence-corrected chi connectivity index (χ3v) is 10.9. The van der Waals surface area contributed by atoms with Gasteiger partial charge in [-0.2, -0.15) is 5.10 Å². The monoisotopic (exact) mass is 593 g/mol. The number of nitrogens with zero attached hydrogens (tertiary/aromatic N) is 5. The average Bonchev–Trinajstić information content (AvgIpc) is 3.18. The molecule has 3 N–H and O–H groups in total. The van der Waals surface area contributed by atoms with Crippen molar-refractivity contribution in [2.45, 2.75) is 77.1 Å². The van der Waals surface area contributed by atoms with Gasteiger partial charge >= 0.3 is 0 Å². The van der Waals surface area contributed by atoms with E-state index in [1.807, 2.05) is 17.9 Å². The maximum absolute atomic E-state index is 12.1. The van der Waals surface area contributed by atoms with Gasteiger partial charge in [0.1, 0.15) is 0 Å². The number of halogens is 1. The zero-order chi connectivity index (χ0) is 30.1. The number of likely N-dealkylation sites (tertiary alicyclic amines) is 2. The lowest BCUT2D eigenvalue weighted by Crippen LogP contribution is -2.63. The molecule has 1 atom stereocenters. The highest BCUT2D eigenvalue weighted by Crippen LogP contribution is 2.56. The first-order valence-electron chi connectivity index (χ1n) is 15.1. The molecule has 1 unspecified atom stereocenters. The first-order valence-corrected chi connectivity index (χ1v) is 15.4. The molecule has 1 spiro atoms. The fourth-order valence-electron chi connectivity index (χ4n) is 7.98. The second-order valence-corrected chi connectivity index (χ2v) is 14.0. The number of carbonyl (C=O) groups excluding carboxylic acids is 1. The fourth-order valence-corrected chi connectivity index (χ4v) is 8.24. The maximum Gasteiger partial charge on any atom is 0.245 e. The number of nitrogens with one attached hydrogen (secondary N) is 1. The van der Waals surface area contributed by atoms with Crippen LogP contribution >= 0.6 is 11.6 Å². The quantitative estimate of drug-likeness (QED) is 0.271. The van der Waals surface area contributed by atoms with Crippen LogP contribution < -0.4 is 10.6 Å². The highest BCUT2D eigenvalue weighted by atomic mass is 35.5. The predicted octanol–water partition coefficient (Wildman–Crippen LogP) is 4.83. The first kappa shape index (κ1) is 29.2. The third-order valence-electron chi connectivity index (χ3n) is 10.4. The van der Waals surface area contributed by atoms with Gasteiger partial charge in [-0.3, -0.25) is 14.4 Å². The van der Waals surface area contributed by atoms with Crippen molar-refractivity contribution in [3.8, 4) is 11.1 Å². The molecule has 42 heavy (non-hydrogen) atoms. The Hall–Kier alpha value is -2.88. The zero-order valence-electron chi connectivity index (χ0n) is 25.5. The minimum Gasteiger partial charge on any atom is -0.398 e. The molecule has 1 amide bonds. The number of amides is 1. The van der Waals surface area contributed by atoms with E-state index >= 15 is 0 Å². The minimum absolute atomic E-state index is 0.0105. The highest BCUT2D eigenvalue weighted by Gasteiger charge is 2.55. The van der Waals surface area contributed by atoms with Gasteiger partial charge in [0.15, 0.2) is 5.82 Å². The molecular weight excluding hydrogens is 550 g/mol. The number of methoxy groups -OCH3 is 1. The summed E-state index contributed by atoms with van der Waals surface area (Å²) in [6.07, 6.45) is 7.10. The predicted molar refractivity (Wildman–Crippen MR) is 169 cm³/mol. The topological polar surface area (TPSA) is 104 Å². The molecule has 2 aromatic rings. The number of hydrogen-bond donors (Lipinski definition) is 2. The van der Waals surface area contributed by atoms with E-state index in [1.54, 1.807) is 7.11 Å². The number of rotatable bonds is 7. The Morgan fingerprint density at radius 1 is 1.19 bits per heavy atom. The maximum atomic E-state index is 12.1. The summed E-state index contributed by atoms with van der Waals surface area (Å²) < 4.78 is 7.73. The number of carbonyl (C=O) groups is 1. The molecule has 4 heterocycles. The van der Waals surface area contributed by atoms with Crippen molar-refractivity contribution in [1.29, 1.82) is 5.41 Å². The first-order chi connectivity index (χ1) is 19.9. The van der Waals surface area contributed by atoms with E-state index in [1.165, 1.54) is 12.3 Å². The molecule has 1 aromatic heterocycles. The molecule has 6 rings (SSSR count). The molecule has 4 aliphatic rings. The smallest absolute Gasteiger partial charge is 0.245 e. The van der Waals surface area contributed by atoms with Crippen LogP contribution in [0.3, 0.4) is 0 Å². The number of hydrogen-bond acceptors (Lipinski definition) is 7. The number of aryl methyl sites for hydroxylation is 1. The number of piperidine rings is 1. The Morgan fingerprint density at radius 3 is 2.48 bits per heavy atom. The van der Waals surface area contributed by atoms with Gasteiger partial charge in [-0.1, -0.05) is 18.2 Å². The molecule has 226 valence electrons. The van der Waals surface area contributed by atoms with Crippen LogP contribution in [0.1, 0.15) is 62.4 Å². The summed E-state index contributed by atoms with van der Waals surface area (Å²) in [6, 6.07) is 2.61. The van der Waals surface area contributed by atoms with E-state index in [0.29, 0.717) is 28.4 Å². The minimum atomic E-state index is -0.144. The van der Waals surface area contributed by atoms with E-state index in [0.717, 1.165) is 86.6 Å². The van der Waals surface area contributed by atoms with Gasteiger partial charge < -0.3 is 25.7 Å². The van der Waals surface area contributed by atoms with E-state index in [-0.39, 0.29) is 22.9 Å². The Labute approximate surface area is 254 Å². The van der Waals surface area contributed by atoms with Crippen LogP contribution in [0.4, 0.5) is 11.5 Å². The number of ether oxygens (including phenoxy) is 1. The number of benzene rings is 1. The van der Waals surface area contributed by atoms with Gasteiger partial charge in [-0.05, 0) is 71.1 Å². The summed E-state index contributed by atoms with van der Waals surface area (Å²) >= 11 is 7.05. The molecule has 10 heteroatoms. The summed E-state index contributed by atoms with van der Waals surface area (Å²) in [7, 11) is 1.80. The summed E-state index contributed by atoms with van der Waals surface area (Å²) in [5, 5.41) is 14.3. The van der Waals surface area contributed by atoms with Gasteiger partial charge in [-0.25, -0.2) is 0 Å². The van der Waals surface area contributed by atoms with Crippen molar-refractivity contribution < 1.29 is 9.53 Å². The Bertz CT molecular complexity index is 1430. The molecule has 1 aliphatic carbocycles. The average molecular weight is 594 g/mol. The van der Waals surface area contributed by atoms with Crippen molar-refractivity contribution in [1.82, 2.24) is 19.6 Å². The summed E-state index contributed by atoms with van der Waals surface area (Å²) in [4.78, 5) is 19.0. The van der Waals surface area contributed by atoms with Crippen LogP contribution in [0.25, 0.3) is 11.1 Å². The standard InChI is InChI=1S/C32H44ClN7O2/c1-7-26(41)38-17-32(18-38)12-22(13-32)40-20(3)27(28-24(14-34)25(35)10-19(2)29(28)33)30(36-40)39-9-8-21(11-31(39,4)5)37-15-23(16-37)42-6/h7,10,14,21-23,34H,1,8-9,11-13,15-18,35H2,2-6H3. The van der Waals surface area contributed by atoms with Crippen LogP contribution in [-0.2, 0) is 9.53 Å². The lowest BCUT2D eigenvalue weighted by molar-refractivity contribution is -0.149. The number of nitrogens with two attached hydrogens (primary N) is 1. The van der Waals surface area contributed by atoms with Crippen molar-refractivity contribution in [2.24, 2.45) is 5.41 Å². The van der Waals surface area contributed by atoms with Crippen molar-refractivity contribution in [2.75, 3.05) is 50.5 Å². The third kappa shape index (κ3) is 4.55. The van der Waals surface area contributed by atoms with Gasteiger partial charge in [0.25, 0.3) is 0 Å². The second kappa shape index (κ2) is 10.4. The van der Waals surface area contributed by atoms with Gasteiger partial charge in [-0.15, -0.1) is 0 Å². The lowest BCUT2D eigenvalue weighted by atomic mass is 9.60. The second-order valence-electron chi connectivity index (χ2n) is 13.6. The fraction of sp³-hybridized carbons (Fsp3) is 0.594. The number of anilines is 2. The van der Waals surface area contributed by atoms with Crippen LogP contribution in [0.2, 0.25) is 5.02 Å². The molecule has 1 saturated carbocycles. The highest BCUT2D eigenvalue weighted by molar-refractivity contribution is 6.35. The van der Waals surface area contributed by atoms with E-state index in [2.05, 4.69) is 41.8 Å². The van der Waals surface area contributed by atoms with Gasteiger partial charge in [0.2, 0.25) is 5.91 Å². The molecule has 0 radical (unpaired) electrons. The summed E-state index contributed by atoms with van der Waals surface area (Å²) in [5.41, 5.74) is 11.4. The largest absolute Gasteiger partial charge is 0.398 e. The van der Waals surface area contributed by atoms with Gasteiger partial charge in [0.05, 0.1) is 17.2 Å². The Kier molecular flexibility index (Phi) is 7.22. The molecule has 3 aliphatic heterocycles. The lowest BCUT2D eigenvalue weighted by Gasteiger charge is -2.58. The van der Waals surface area contributed by atoms with Crippen LogP contribution in [0.15, 0.2) is 18.7 Å². The van der Waals surface area contributed by atoms with Crippen molar-refractivity contribution in [3.05, 3.63) is 40.6 Å². The van der Waals surface area contributed by atoms with E-state index < -0.39 is 0 Å². The van der Waals surface area contributed by atoms with Gasteiger partial charge in [0, 0.05) is 91.1 Å². The van der Waals surface area contributed by atoms with E-state index in [9.17, 15) is 4.79 Å². The zero-order valence-corrected chi connectivity index (χ0v) is 26.3. The SMILES string of the molecule is C=CC(=O)N1CC2(CC(n3nc(N4CCC(N5CC(OC)C5)CC4(C)C)c(-c4c(Cl)c(C)cc(N)c4C=N)c3C)C2)C1. The Morgan fingerprint density at radius 2 is 1.88 bits per heavy atom. The van der Waals surface area contributed by atoms with Crippen LogP contribution in [0.5, 0.6) is 0 Å². The summed E-state index contributed by atoms with van der Waals surface area (Å²) in [6.45, 7) is 16.8.